The second-order valence-corrected chi connectivity index (χ2v) is 19.8. The van der Waals surface area contributed by atoms with Crippen LogP contribution in [0.2, 0.25) is 0 Å². The van der Waals surface area contributed by atoms with E-state index in [9.17, 15) is 0 Å². The van der Waals surface area contributed by atoms with Gasteiger partial charge in [-0.1, -0.05) is 129 Å². The van der Waals surface area contributed by atoms with Crippen molar-refractivity contribution in [3.63, 3.8) is 0 Å². The average Bonchev–Trinajstić information content (AvgIpc) is 4.12. The molecule has 3 heterocycles. The summed E-state index contributed by atoms with van der Waals surface area (Å²) in [7, 11) is 0. The van der Waals surface area contributed by atoms with Crippen molar-refractivity contribution in [1.29, 1.82) is 0 Å². The van der Waals surface area contributed by atoms with E-state index in [0.29, 0.717) is 0 Å². The molecule has 0 spiro atoms. The van der Waals surface area contributed by atoms with Gasteiger partial charge in [-0.2, -0.15) is 0 Å². The average molecular weight is 883 g/mol. The van der Waals surface area contributed by atoms with E-state index in [1.807, 2.05) is 18.2 Å². The summed E-state index contributed by atoms with van der Waals surface area (Å²) in [4.78, 5) is 5.15. The zero-order chi connectivity index (χ0) is 45.1. The van der Waals surface area contributed by atoms with E-state index in [0.717, 1.165) is 105 Å². The van der Waals surface area contributed by atoms with Crippen LogP contribution >= 0.6 is 0 Å². The van der Waals surface area contributed by atoms with Gasteiger partial charge in [0.15, 0.2) is 0 Å². The highest BCUT2D eigenvalue weighted by Crippen LogP contribution is 2.51. The first-order valence-corrected chi connectivity index (χ1v) is 24.3. The lowest BCUT2D eigenvalue weighted by molar-refractivity contribution is 0.229. The van der Waals surface area contributed by atoms with Crippen molar-refractivity contribution in [2.24, 2.45) is 0 Å². The van der Waals surface area contributed by atoms with Crippen LogP contribution in [0.25, 0.3) is 66.5 Å². The summed E-state index contributed by atoms with van der Waals surface area (Å²) in [6.45, 7) is 4.77. The second kappa shape index (κ2) is 15.1. The largest absolute Gasteiger partial charge is 0.460 e. The van der Waals surface area contributed by atoms with Gasteiger partial charge in [0, 0.05) is 73.2 Å². The van der Waals surface area contributed by atoms with Crippen LogP contribution in [0.4, 0.5) is 11.4 Å². The number of nitrogens with zero attached hydrogens (tertiary/aromatic N) is 2. The third-order valence-corrected chi connectivity index (χ3v) is 15.7. The van der Waals surface area contributed by atoms with Gasteiger partial charge in [-0.25, -0.2) is 0 Å². The maximum atomic E-state index is 6.57. The second-order valence-electron chi connectivity index (χ2n) is 19.8. The topological polar surface area (TPSA) is 45.9 Å². The van der Waals surface area contributed by atoms with Gasteiger partial charge in [-0.3, -0.25) is 0 Å². The Morgan fingerprint density at radius 2 is 1.07 bits per heavy atom. The molecular weight excluding hydrogens is 833 g/mol. The highest BCUT2D eigenvalue weighted by Gasteiger charge is 2.41. The number of hydrogen-bond donors (Lipinski definition) is 0. The Balaban J connectivity index is 0.814. The van der Waals surface area contributed by atoms with Crippen molar-refractivity contribution in [3.05, 3.63) is 227 Å². The van der Waals surface area contributed by atoms with Crippen LogP contribution in [0.5, 0.6) is 0 Å². The lowest BCUT2D eigenvalue weighted by atomic mass is 9.79. The molecule has 9 aromatic rings. The molecule has 330 valence electrons. The third-order valence-electron chi connectivity index (χ3n) is 15.7. The van der Waals surface area contributed by atoms with E-state index >= 15 is 0 Å². The summed E-state index contributed by atoms with van der Waals surface area (Å²) in [5, 5.41) is 5.71. The van der Waals surface area contributed by atoms with Gasteiger partial charge in [0.05, 0.1) is 12.1 Å². The van der Waals surface area contributed by atoms with Gasteiger partial charge < -0.3 is 23.1 Å². The summed E-state index contributed by atoms with van der Waals surface area (Å²) in [5.41, 5.74) is 19.3. The summed E-state index contributed by atoms with van der Waals surface area (Å²) in [5.74, 6) is 1.09. The number of benzene rings is 6. The van der Waals surface area contributed by atoms with Crippen molar-refractivity contribution in [2.45, 2.75) is 69.9 Å². The first-order valence-electron chi connectivity index (χ1n) is 24.3. The Kier molecular flexibility index (Phi) is 8.77. The predicted molar refractivity (Wildman–Crippen MR) is 279 cm³/mol. The predicted octanol–water partition coefficient (Wildman–Crippen LogP) is 16.6. The summed E-state index contributed by atoms with van der Waals surface area (Å²) < 4.78 is 19.3. The molecule has 2 unspecified atom stereocenters. The summed E-state index contributed by atoms with van der Waals surface area (Å²) in [6, 6.07) is 47.8. The molecule has 0 bridgehead atoms. The van der Waals surface area contributed by atoms with E-state index in [2.05, 4.69) is 188 Å². The number of fused-ring (bicyclic) bond motifs is 11. The van der Waals surface area contributed by atoms with Crippen LogP contribution in [-0.2, 0) is 11.8 Å². The lowest BCUT2D eigenvalue weighted by Crippen LogP contribution is -2.43. The van der Waals surface area contributed by atoms with Crippen LogP contribution in [0.1, 0.15) is 68.4 Å². The minimum atomic E-state index is -0.00260. The van der Waals surface area contributed by atoms with Gasteiger partial charge in [0.1, 0.15) is 33.7 Å². The van der Waals surface area contributed by atoms with Gasteiger partial charge in [0.25, 0.3) is 0 Å². The summed E-state index contributed by atoms with van der Waals surface area (Å²) >= 11 is 0. The molecule has 3 aromatic heterocycles. The Morgan fingerprint density at radius 1 is 0.485 bits per heavy atom. The van der Waals surface area contributed by atoms with Crippen LogP contribution < -0.4 is 4.90 Å². The fraction of sp³-hybridized carbons (Fsp3) is 0.175. The first kappa shape index (κ1) is 39.4. The van der Waals surface area contributed by atoms with E-state index in [4.69, 9.17) is 13.3 Å². The molecule has 0 fully saturated rings. The van der Waals surface area contributed by atoms with Crippen molar-refractivity contribution >= 4 is 77.9 Å². The van der Waals surface area contributed by atoms with E-state index in [1.165, 1.54) is 55.8 Å². The molecule has 5 nitrogen and oxygen atoms in total. The fourth-order valence-electron chi connectivity index (χ4n) is 12.3. The maximum absolute atomic E-state index is 6.57. The minimum Gasteiger partial charge on any atom is -0.460 e. The van der Waals surface area contributed by atoms with Gasteiger partial charge in [0.2, 0.25) is 0 Å². The SMILES string of the molecule is CC1(C)C2=C(CC(N(C3=CC=C(C4=CC=C(N(c5ccc6c(c5)oc5ccccc56)c5ccc6oc7ccccc7c6c5)CC4)CC3)C3C=Cc4c(oc5ccccc45)C3)C=C2)c2ccccc21. The molecule has 0 amide bonds. The number of furan rings is 3. The number of rotatable bonds is 7. The Labute approximate surface area is 395 Å². The summed E-state index contributed by atoms with van der Waals surface area (Å²) in [6.07, 6.45) is 25.0. The molecule has 5 heteroatoms. The number of anilines is 2. The van der Waals surface area contributed by atoms with Crippen LogP contribution in [-0.4, -0.2) is 17.0 Å². The molecular formula is C63H50N2O3. The molecule has 14 rings (SSSR count). The highest BCUT2D eigenvalue weighted by atomic mass is 16.3. The maximum Gasteiger partial charge on any atom is 0.137 e. The number of allylic oxidation sites excluding steroid dienone is 10. The monoisotopic (exact) mass is 882 g/mol. The smallest absolute Gasteiger partial charge is 0.137 e. The fourth-order valence-corrected chi connectivity index (χ4v) is 12.3. The van der Waals surface area contributed by atoms with Crippen molar-refractivity contribution < 1.29 is 13.3 Å². The van der Waals surface area contributed by atoms with E-state index in [1.54, 1.807) is 0 Å². The molecule has 5 aliphatic carbocycles. The normalized spacial score (nSPS) is 19.6. The van der Waals surface area contributed by atoms with Gasteiger partial charge >= 0.3 is 0 Å². The van der Waals surface area contributed by atoms with Crippen molar-refractivity contribution in [3.8, 4) is 0 Å². The molecule has 0 saturated carbocycles. The quantitative estimate of drug-likeness (QED) is 0.160. The van der Waals surface area contributed by atoms with Crippen LogP contribution in [0, 0.1) is 0 Å². The molecule has 0 radical (unpaired) electrons. The molecule has 0 aliphatic heterocycles. The lowest BCUT2D eigenvalue weighted by Gasteiger charge is -2.42. The molecule has 2 atom stereocenters. The van der Waals surface area contributed by atoms with Gasteiger partial charge in [-0.05, 0) is 126 Å². The van der Waals surface area contributed by atoms with Gasteiger partial charge in [-0.15, -0.1) is 0 Å². The molecule has 0 saturated heterocycles. The Morgan fingerprint density at radius 3 is 1.84 bits per heavy atom. The Hall–Kier alpha value is -7.76. The molecule has 68 heavy (non-hydrogen) atoms. The number of hydrogen-bond acceptors (Lipinski definition) is 5. The van der Waals surface area contributed by atoms with E-state index < -0.39 is 0 Å². The molecule has 5 aliphatic rings. The Bertz CT molecular complexity index is 3810. The molecule has 6 aromatic carbocycles. The van der Waals surface area contributed by atoms with Crippen molar-refractivity contribution in [2.75, 3.05) is 4.90 Å². The third kappa shape index (κ3) is 6.14. The zero-order valence-electron chi connectivity index (χ0n) is 38.3. The highest BCUT2D eigenvalue weighted by molar-refractivity contribution is 6.08. The van der Waals surface area contributed by atoms with E-state index in [-0.39, 0.29) is 17.5 Å². The van der Waals surface area contributed by atoms with Crippen LogP contribution in [0.15, 0.2) is 217 Å². The standard InChI is InChI=1S/C63H50N2O3/c1-63(2)55-15-7-3-11-47(55)53-35-43(29-33-56(53)63)64(45-27-31-51-48-12-4-8-16-57(48)67-61(51)37-45)41-23-19-39(20-24-41)40-21-25-42(26-22-40)65(44-30-34-60-54(36-44)50-14-6-10-18-59(50)66-60)46-28-32-52-49-13-5-9-17-58(49)68-62(52)38-46/h3-19,21,23,25,27-34,36,38,43,45H,20,22,24,26,35,37H2,1-2H3. The van der Waals surface area contributed by atoms with Crippen molar-refractivity contribution in [1.82, 2.24) is 4.90 Å². The van der Waals surface area contributed by atoms with Crippen LogP contribution in [0.3, 0.4) is 0 Å². The zero-order valence-corrected chi connectivity index (χ0v) is 38.3. The first-order chi connectivity index (χ1) is 33.4. The molecule has 0 N–H and O–H groups in total. The minimum absolute atomic E-state index is 0.00260. The number of para-hydroxylation sites is 3.